The molecule has 0 saturated carbocycles. The molecule has 4 aromatic rings. The predicted octanol–water partition coefficient (Wildman–Crippen LogP) is 4.63. The number of rotatable bonds is 0. The summed E-state index contributed by atoms with van der Waals surface area (Å²) in [6, 6.07) is 12.5. The first-order valence-corrected chi connectivity index (χ1v) is 7.48. The topological polar surface area (TPSA) is 38.7 Å². The van der Waals surface area contributed by atoms with E-state index in [1.54, 1.807) is 0 Å². The third kappa shape index (κ3) is 1.86. The zero-order chi connectivity index (χ0) is 15.3. The van der Waals surface area contributed by atoms with Crippen LogP contribution in [0.3, 0.4) is 0 Å². The summed E-state index contributed by atoms with van der Waals surface area (Å²) in [6.07, 6.45) is 3.75. The Kier molecular flexibility index (Phi) is 2.67. The Morgan fingerprint density at radius 1 is 0.727 bits per heavy atom. The van der Waals surface area contributed by atoms with Crippen LogP contribution in [0.25, 0.3) is 32.6 Å². The monoisotopic (exact) mass is 287 g/mol. The summed E-state index contributed by atoms with van der Waals surface area (Å²) in [7, 11) is 0. The summed E-state index contributed by atoms with van der Waals surface area (Å²) in [5, 5.41) is 4.52. The highest BCUT2D eigenvalue weighted by atomic mass is 14.9. The van der Waals surface area contributed by atoms with E-state index >= 15 is 0 Å². The van der Waals surface area contributed by atoms with Crippen LogP contribution in [0.2, 0.25) is 0 Å². The molecule has 0 aliphatic carbocycles. The van der Waals surface area contributed by atoms with E-state index in [-0.39, 0.29) is 5.41 Å². The van der Waals surface area contributed by atoms with Crippen molar-refractivity contribution in [2.75, 3.05) is 0 Å². The van der Waals surface area contributed by atoms with Crippen molar-refractivity contribution in [3.8, 4) is 0 Å². The average molecular weight is 287 g/mol. The molecule has 0 unspecified atom stereocenters. The van der Waals surface area contributed by atoms with Gasteiger partial charge in [0.15, 0.2) is 0 Å². The summed E-state index contributed by atoms with van der Waals surface area (Å²) in [5.74, 6) is 0.862. The molecule has 2 aromatic carbocycles. The summed E-state index contributed by atoms with van der Waals surface area (Å²) >= 11 is 0. The van der Waals surface area contributed by atoms with Crippen LogP contribution in [0.1, 0.15) is 26.6 Å². The average Bonchev–Trinajstić information content (AvgIpc) is 2.54. The van der Waals surface area contributed by atoms with E-state index in [0.29, 0.717) is 0 Å². The van der Waals surface area contributed by atoms with E-state index in [9.17, 15) is 0 Å². The number of nitrogens with zero attached hydrogens (tertiary/aromatic N) is 3. The molecule has 0 N–H and O–H groups in total. The lowest BCUT2D eigenvalue weighted by Gasteiger charge is -2.17. The number of hydrogen-bond donors (Lipinski definition) is 0. The summed E-state index contributed by atoms with van der Waals surface area (Å²) < 4.78 is 0. The Morgan fingerprint density at radius 3 is 2.18 bits per heavy atom. The molecule has 2 heterocycles. The molecule has 0 aliphatic rings. The van der Waals surface area contributed by atoms with Gasteiger partial charge in [0.1, 0.15) is 5.82 Å². The minimum absolute atomic E-state index is 0.0750. The first-order valence-electron chi connectivity index (χ1n) is 7.48. The van der Waals surface area contributed by atoms with Gasteiger partial charge in [0.05, 0.1) is 11.0 Å². The Balaban J connectivity index is 2.27. The second-order valence-corrected chi connectivity index (χ2v) is 6.65. The highest BCUT2D eigenvalue weighted by molar-refractivity contribution is 6.22. The number of pyridine rings is 1. The second-order valence-electron chi connectivity index (χ2n) is 6.65. The molecule has 0 amide bonds. The molecule has 3 nitrogen and oxygen atoms in total. The Bertz CT molecular complexity index is 978. The first-order chi connectivity index (χ1) is 10.6. The molecule has 0 bridgehead atoms. The zero-order valence-electron chi connectivity index (χ0n) is 13.0. The van der Waals surface area contributed by atoms with E-state index in [2.05, 4.69) is 61.1 Å². The molecule has 108 valence electrons. The van der Waals surface area contributed by atoms with Crippen LogP contribution in [0.15, 0.2) is 48.8 Å². The highest BCUT2D eigenvalue weighted by Gasteiger charge is 2.19. The fourth-order valence-corrected chi connectivity index (χ4v) is 2.88. The molecule has 0 aliphatic heterocycles. The van der Waals surface area contributed by atoms with E-state index < -0.39 is 0 Å². The predicted molar refractivity (Wildman–Crippen MR) is 91.0 cm³/mol. The van der Waals surface area contributed by atoms with Gasteiger partial charge >= 0.3 is 0 Å². The fraction of sp³-hybridized carbons (Fsp3) is 0.211. The SMILES string of the molecule is CC(C)(C)c1ncc2c3ncccc3c3ccccc3c2n1. The Morgan fingerprint density at radius 2 is 1.41 bits per heavy atom. The fourth-order valence-electron chi connectivity index (χ4n) is 2.88. The molecule has 0 fully saturated rings. The zero-order valence-corrected chi connectivity index (χ0v) is 13.0. The van der Waals surface area contributed by atoms with Crippen molar-refractivity contribution >= 4 is 32.6 Å². The second kappa shape index (κ2) is 4.47. The molecule has 0 spiro atoms. The third-order valence-electron chi connectivity index (χ3n) is 3.99. The van der Waals surface area contributed by atoms with E-state index in [1.165, 1.54) is 5.39 Å². The lowest BCUT2D eigenvalue weighted by molar-refractivity contribution is 0.548. The van der Waals surface area contributed by atoms with E-state index in [1.807, 2.05) is 18.5 Å². The number of hydrogen-bond acceptors (Lipinski definition) is 3. The Labute approximate surface area is 129 Å². The molecule has 2 aromatic heterocycles. The van der Waals surface area contributed by atoms with Gasteiger partial charge in [0.25, 0.3) is 0 Å². The molecular formula is C19H17N3. The molecule has 0 saturated heterocycles. The van der Waals surface area contributed by atoms with Gasteiger partial charge in [-0.3, -0.25) is 4.98 Å². The van der Waals surface area contributed by atoms with E-state index in [4.69, 9.17) is 4.98 Å². The maximum atomic E-state index is 4.87. The van der Waals surface area contributed by atoms with Gasteiger partial charge in [0.2, 0.25) is 0 Å². The van der Waals surface area contributed by atoms with Crippen molar-refractivity contribution in [3.63, 3.8) is 0 Å². The van der Waals surface area contributed by atoms with Crippen LogP contribution in [0, 0.1) is 0 Å². The highest BCUT2D eigenvalue weighted by Crippen LogP contribution is 2.33. The quantitative estimate of drug-likeness (QED) is 0.443. The van der Waals surface area contributed by atoms with Crippen LogP contribution < -0.4 is 0 Å². The van der Waals surface area contributed by atoms with Crippen LogP contribution in [-0.4, -0.2) is 15.0 Å². The number of benzene rings is 2. The smallest absolute Gasteiger partial charge is 0.134 e. The van der Waals surface area contributed by atoms with Crippen molar-refractivity contribution in [2.45, 2.75) is 26.2 Å². The van der Waals surface area contributed by atoms with Crippen molar-refractivity contribution in [3.05, 3.63) is 54.6 Å². The van der Waals surface area contributed by atoms with Crippen LogP contribution in [0.5, 0.6) is 0 Å². The first kappa shape index (κ1) is 13.1. The van der Waals surface area contributed by atoms with Gasteiger partial charge in [-0.25, -0.2) is 9.97 Å². The van der Waals surface area contributed by atoms with Crippen molar-refractivity contribution in [1.29, 1.82) is 0 Å². The lowest BCUT2D eigenvalue weighted by atomic mass is 9.95. The maximum absolute atomic E-state index is 4.87. The van der Waals surface area contributed by atoms with Crippen molar-refractivity contribution in [2.24, 2.45) is 0 Å². The summed E-state index contributed by atoms with van der Waals surface area (Å²) in [6.45, 7) is 6.40. The van der Waals surface area contributed by atoms with Gasteiger partial charge in [-0.15, -0.1) is 0 Å². The minimum Gasteiger partial charge on any atom is -0.255 e. The lowest BCUT2D eigenvalue weighted by Crippen LogP contribution is -2.15. The normalized spacial score (nSPS) is 12.3. The maximum Gasteiger partial charge on any atom is 0.134 e. The van der Waals surface area contributed by atoms with Crippen LogP contribution in [0.4, 0.5) is 0 Å². The minimum atomic E-state index is -0.0750. The largest absolute Gasteiger partial charge is 0.255 e. The standard InChI is InChI=1S/C19H17N3/c1-19(2,3)18-21-11-15-16-13(9-6-10-20-16)12-7-4-5-8-14(12)17(15)22-18/h4-11H,1-3H3. The molecule has 22 heavy (non-hydrogen) atoms. The molecular weight excluding hydrogens is 270 g/mol. The Hall–Kier alpha value is -2.55. The number of aromatic nitrogens is 3. The van der Waals surface area contributed by atoms with Crippen molar-refractivity contribution < 1.29 is 0 Å². The van der Waals surface area contributed by atoms with Crippen molar-refractivity contribution in [1.82, 2.24) is 15.0 Å². The molecule has 3 heteroatoms. The van der Waals surface area contributed by atoms with Gasteiger partial charge in [-0.05, 0) is 11.5 Å². The molecule has 0 atom stereocenters. The van der Waals surface area contributed by atoms with E-state index in [0.717, 1.165) is 33.0 Å². The third-order valence-corrected chi connectivity index (χ3v) is 3.99. The van der Waals surface area contributed by atoms with Gasteiger partial charge in [-0.1, -0.05) is 51.1 Å². The molecule has 4 rings (SSSR count). The summed E-state index contributed by atoms with van der Waals surface area (Å²) in [4.78, 5) is 14.0. The van der Waals surface area contributed by atoms with Crippen LogP contribution in [-0.2, 0) is 5.41 Å². The van der Waals surface area contributed by atoms with Gasteiger partial charge in [-0.2, -0.15) is 0 Å². The van der Waals surface area contributed by atoms with Gasteiger partial charge < -0.3 is 0 Å². The van der Waals surface area contributed by atoms with Crippen LogP contribution >= 0.6 is 0 Å². The molecule has 0 radical (unpaired) electrons. The summed E-state index contributed by atoms with van der Waals surface area (Å²) in [5.41, 5.74) is 1.88. The van der Waals surface area contributed by atoms with Gasteiger partial charge in [0, 0.05) is 34.0 Å². The number of fused-ring (bicyclic) bond motifs is 6.